The van der Waals surface area contributed by atoms with Crippen molar-refractivity contribution in [3.8, 4) is 0 Å². The lowest BCUT2D eigenvalue weighted by Crippen LogP contribution is -2.48. The van der Waals surface area contributed by atoms with Gasteiger partial charge in [-0.1, -0.05) is 19.1 Å². The van der Waals surface area contributed by atoms with Crippen molar-refractivity contribution >= 4 is 33.0 Å². The molecule has 0 unspecified atom stereocenters. The van der Waals surface area contributed by atoms with Crippen molar-refractivity contribution in [2.45, 2.75) is 11.8 Å². The second kappa shape index (κ2) is 7.65. The summed E-state index contributed by atoms with van der Waals surface area (Å²) in [6, 6.07) is 9.97. The first-order valence-electron chi connectivity index (χ1n) is 8.18. The van der Waals surface area contributed by atoms with Crippen LogP contribution in [0, 0.1) is 0 Å². The van der Waals surface area contributed by atoms with E-state index in [1.807, 2.05) is 5.38 Å². The fourth-order valence-corrected chi connectivity index (χ4v) is 4.86. The Morgan fingerprint density at radius 2 is 1.92 bits per heavy atom. The predicted octanol–water partition coefficient (Wildman–Crippen LogP) is 2.33. The maximum absolute atomic E-state index is 12.8. The number of amides is 1. The van der Waals surface area contributed by atoms with Gasteiger partial charge in [0.25, 0.3) is 5.91 Å². The highest BCUT2D eigenvalue weighted by Gasteiger charge is 2.28. The summed E-state index contributed by atoms with van der Waals surface area (Å²) in [5.74, 6) is -0.235. The van der Waals surface area contributed by atoms with E-state index in [9.17, 15) is 13.2 Å². The highest BCUT2D eigenvalue weighted by molar-refractivity contribution is 7.89. The summed E-state index contributed by atoms with van der Waals surface area (Å²) in [5.41, 5.74) is 0.478. The summed E-state index contributed by atoms with van der Waals surface area (Å²) >= 11 is 1.34. The van der Waals surface area contributed by atoms with Crippen LogP contribution in [0.2, 0.25) is 0 Å². The van der Waals surface area contributed by atoms with E-state index in [1.165, 1.54) is 21.7 Å². The van der Waals surface area contributed by atoms with Crippen LogP contribution in [0.1, 0.15) is 16.6 Å². The quantitative estimate of drug-likeness (QED) is 0.866. The minimum atomic E-state index is -3.55. The number of piperazine rings is 1. The van der Waals surface area contributed by atoms with Gasteiger partial charge in [-0.15, -0.1) is 11.3 Å². The van der Waals surface area contributed by atoms with Crippen molar-refractivity contribution in [1.82, 2.24) is 9.21 Å². The molecule has 1 aromatic heterocycles. The SMILES string of the molecule is CCN1CCN(S(=O)(=O)c2cccc(NC(=O)c3cccs3)c2)CC1. The van der Waals surface area contributed by atoms with Gasteiger partial charge in [0.05, 0.1) is 9.77 Å². The minimum Gasteiger partial charge on any atom is -0.321 e. The zero-order chi connectivity index (χ0) is 17.9. The van der Waals surface area contributed by atoms with Gasteiger partial charge in [-0.3, -0.25) is 4.79 Å². The van der Waals surface area contributed by atoms with Gasteiger partial charge in [0, 0.05) is 31.9 Å². The van der Waals surface area contributed by atoms with E-state index in [1.54, 1.807) is 30.3 Å². The molecule has 1 aromatic carbocycles. The molecule has 2 heterocycles. The van der Waals surface area contributed by atoms with Crippen LogP contribution >= 0.6 is 11.3 Å². The van der Waals surface area contributed by atoms with E-state index in [0.717, 1.165) is 19.6 Å². The van der Waals surface area contributed by atoms with E-state index in [2.05, 4.69) is 17.1 Å². The number of rotatable bonds is 5. The van der Waals surface area contributed by atoms with Gasteiger partial charge in [-0.2, -0.15) is 4.31 Å². The Bertz CT molecular complexity index is 827. The molecule has 1 N–H and O–H groups in total. The van der Waals surface area contributed by atoms with Crippen molar-refractivity contribution in [3.63, 3.8) is 0 Å². The van der Waals surface area contributed by atoms with Crippen molar-refractivity contribution in [3.05, 3.63) is 46.7 Å². The van der Waals surface area contributed by atoms with Gasteiger partial charge >= 0.3 is 0 Å². The number of carbonyl (C=O) groups is 1. The third-order valence-corrected chi connectivity index (χ3v) is 7.02. The van der Waals surface area contributed by atoms with Crippen LogP contribution < -0.4 is 5.32 Å². The normalized spacial score (nSPS) is 16.7. The zero-order valence-corrected chi connectivity index (χ0v) is 15.6. The van der Waals surface area contributed by atoms with Crippen LogP contribution in [0.5, 0.6) is 0 Å². The fourth-order valence-electron chi connectivity index (χ4n) is 2.77. The Labute approximate surface area is 152 Å². The number of nitrogens with zero attached hydrogens (tertiary/aromatic N) is 2. The molecular weight excluding hydrogens is 358 g/mol. The molecule has 0 saturated carbocycles. The van der Waals surface area contributed by atoms with Gasteiger partial charge < -0.3 is 10.2 Å². The minimum absolute atomic E-state index is 0.210. The largest absolute Gasteiger partial charge is 0.321 e. The van der Waals surface area contributed by atoms with Gasteiger partial charge in [0.1, 0.15) is 0 Å². The molecule has 134 valence electrons. The first-order valence-corrected chi connectivity index (χ1v) is 10.5. The van der Waals surface area contributed by atoms with Crippen LogP contribution in [0.4, 0.5) is 5.69 Å². The highest BCUT2D eigenvalue weighted by Crippen LogP contribution is 2.22. The molecular formula is C17H21N3O3S2. The number of carbonyl (C=O) groups excluding carboxylic acids is 1. The molecule has 25 heavy (non-hydrogen) atoms. The van der Waals surface area contributed by atoms with Crippen LogP contribution in [-0.2, 0) is 10.0 Å². The van der Waals surface area contributed by atoms with Crippen molar-refractivity contribution in [2.75, 3.05) is 38.0 Å². The molecule has 1 amide bonds. The van der Waals surface area contributed by atoms with E-state index >= 15 is 0 Å². The summed E-state index contributed by atoms with van der Waals surface area (Å²) < 4.78 is 27.2. The smallest absolute Gasteiger partial charge is 0.265 e. The average Bonchev–Trinajstić information content (AvgIpc) is 3.17. The Kier molecular flexibility index (Phi) is 5.53. The van der Waals surface area contributed by atoms with Crippen molar-refractivity contribution < 1.29 is 13.2 Å². The fraction of sp³-hybridized carbons (Fsp3) is 0.353. The van der Waals surface area contributed by atoms with Crippen molar-refractivity contribution in [2.24, 2.45) is 0 Å². The first-order chi connectivity index (χ1) is 12.0. The molecule has 6 nitrogen and oxygen atoms in total. The number of nitrogens with one attached hydrogen (secondary N) is 1. The molecule has 8 heteroatoms. The molecule has 1 aliphatic rings. The number of anilines is 1. The maximum Gasteiger partial charge on any atom is 0.265 e. The molecule has 0 aliphatic carbocycles. The molecule has 1 saturated heterocycles. The lowest BCUT2D eigenvalue weighted by molar-refractivity contribution is 0.103. The van der Waals surface area contributed by atoms with Gasteiger partial charge in [0.15, 0.2) is 0 Å². The van der Waals surface area contributed by atoms with Crippen molar-refractivity contribution in [1.29, 1.82) is 0 Å². The highest BCUT2D eigenvalue weighted by atomic mass is 32.2. The van der Waals surface area contributed by atoms with E-state index in [4.69, 9.17) is 0 Å². The molecule has 3 rings (SSSR count). The number of hydrogen-bond acceptors (Lipinski definition) is 5. The molecule has 2 aromatic rings. The van der Waals surface area contributed by atoms with E-state index in [0.29, 0.717) is 23.7 Å². The molecule has 1 fully saturated rings. The Balaban J connectivity index is 1.75. The topological polar surface area (TPSA) is 69.7 Å². The third kappa shape index (κ3) is 4.09. The molecule has 0 spiro atoms. The maximum atomic E-state index is 12.8. The van der Waals surface area contributed by atoms with E-state index < -0.39 is 10.0 Å². The average molecular weight is 380 g/mol. The third-order valence-electron chi connectivity index (χ3n) is 4.25. The van der Waals surface area contributed by atoms with Crippen LogP contribution in [0.15, 0.2) is 46.7 Å². The number of likely N-dealkylation sites (N-methyl/N-ethyl adjacent to an activating group) is 1. The number of hydrogen-bond donors (Lipinski definition) is 1. The Morgan fingerprint density at radius 3 is 2.56 bits per heavy atom. The monoisotopic (exact) mass is 379 g/mol. The Morgan fingerprint density at radius 1 is 1.16 bits per heavy atom. The van der Waals surface area contributed by atoms with E-state index in [-0.39, 0.29) is 10.8 Å². The summed E-state index contributed by atoms with van der Waals surface area (Å²) in [4.78, 5) is 15.2. The second-order valence-electron chi connectivity index (χ2n) is 5.80. The Hall–Kier alpha value is -1.74. The first kappa shape index (κ1) is 18.1. The summed E-state index contributed by atoms with van der Waals surface area (Å²) in [6.07, 6.45) is 0. The molecule has 1 aliphatic heterocycles. The van der Waals surface area contributed by atoms with Gasteiger partial charge in [0.2, 0.25) is 10.0 Å². The summed E-state index contributed by atoms with van der Waals surface area (Å²) in [5, 5.41) is 4.58. The van der Waals surface area contributed by atoms with Crippen LogP contribution in [0.3, 0.4) is 0 Å². The zero-order valence-electron chi connectivity index (χ0n) is 14.0. The lowest BCUT2D eigenvalue weighted by atomic mass is 10.3. The molecule has 0 atom stereocenters. The summed E-state index contributed by atoms with van der Waals surface area (Å²) in [7, 11) is -3.55. The molecule has 0 radical (unpaired) electrons. The molecule has 0 bridgehead atoms. The summed E-state index contributed by atoms with van der Waals surface area (Å²) in [6.45, 7) is 5.46. The second-order valence-corrected chi connectivity index (χ2v) is 8.68. The van der Waals surface area contributed by atoms with Gasteiger partial charge in [-0.25, -0.2) is 8.42 Å². The van der Waals surface area contributed by atoms with Gasteiger partial charge in [-0.05, 0) is 36.2 Å². The predicted molar refractivity (Wildman–Crippen MR) is 99.6 cm³/mol. The van der Waals surface area contributed by atoms with Crippen LogP contribution in [-0.4, -0.2) is 56.3 Å². The number of benzene rings is 1. The number of thiophene rings is 1. The van der Waals surface area contributed by atoms with Crippen LogP contribution in [0.25, 0.3) is 0 Å². The standard InChI is InChI=1S/C17H21N3O3S2/c1-2-19-8-10-20(11-9-19)25(22,23)15-6-3-5-14(13-15)18-17(21)16-7-4-12-24-16/h3-7,12-13H,2,8-11H2,1H3,(H,18,21). The lowest BCUT2D eigenvalue weighted by Gasteiger charge is -2.33. The number of sulfonamides is 1.